The normalized spacial score (nSPS) is 11.2. The Balaban J connectivity index is 1.76. The fourth-order valence-electron chi connectivity index (χ4n) is 3.39. The summed E-state index contributed by atoms with van der Waals surface area (Å²) in [6.07, 6.45) is 1.92. The van der Waals surface area contributed by atoms with E-state index in [4.69, 9.17) is 39.8 Å². The van der Waals surface area contributed by atoms with Crippen molar-refractivity contribution in [2.45, 2.75) is 20.3 Å². The van der Waals surface area contributed by atoms with Crippen LogP contribution in [-0.4, -0.2) is 15.3 Å². The molecule has 0 aliphatic carbocycles. The average molecular weight is 477 g/mol. The smallest absolute Gasteiger partial charge is 0.230 e. The summed E-state index contributed by atoms with van der Waals surface area (Å²) in [6, 6.07) is 11.6. The molecule has 0 bridgehead atoms. The summed E-state index contributed by atoms with van der Waals surface area (Å²) in [5.41, 5.74) is 4.50. The van der Waals surface area contributed by atoms with Crippen LogP contribution in [0.3, 0.4) is 0 Å². The third kappa shape index (κ3) is 4.40. The third-order valence-corrected chi connectivity index (χ3v) is 5.71. The first-order valence-electron chi connectivity index (χ1n) is 9.41. The number of aromatic nitrogens is 2. The van der Waals surface area contributed by atoms with Crippen LogP contribution in [0.2, 0.25) is 15.1 Å². The zero-order chi connectivity index (χ0) is 22.3. The highest BCUT2D eigenvalue weighted by atomic mass is 35.5. The predicted molar refractivity (Wildman–Crippen MR) is 124 cm³/mol. The second kappa shape index (κ2) is 8.50. The van der Waals surface area contributed by atoms with Gasteiger partial charge in [-0.05, 0) is 61.4 Å². The summed E-state index contributed by atoms with van der Waals surface area (Å²) in [5.74, 6) is -0.621. The molecule has 0 saturated heterocycles. The van der Waals surface area contributed by atoms with E-state index in [2.05, 4.69) is 5.32 Å². The second-order valence-electron chi connectivity index (χ2n) is 7.28. The summed E-state index contributed by atoms with van der Waals surface area (Å²) < 4.78 is 15.7. The van der Waals surface area contributed by atoms with Gasteiger partial charge < -0.3 is 9.72 Å². The van der Waals surface area contributed by atoms with E-state index < -0.39 is 0 Å². The lowest BCUT2D eigenvalue weighted by Gasteiger charge is -2.11. The number of anilines is 1. The van der Waals surface area contributed by atoms with E-state index in [0.717, 1.165) is 11.1 Å². The molecule has 4 aromatic rings. The summed E-state index contributed by atoms with van der Waals surface area (Å²) >= 11 is 18.3. The van der Waals surface area contributed by atoms with E-state index in [1.165, 1.54) is 18.2 Å². The van der Waals surface area contributed by atoms with Crippen molar-refractivity contribution in [3.05, 3.63) is 86.4 Å². The molecule has 0 unspecified atom stereocenters. The maximum absolute atomic E-state index is 13.8. The zero-order valence-electron chi connectivity index (χ0n) is 16.6. The Morgan fingerprint density at radius 1 is 1.06 bits per heavy atom. The number of fused-ring (bicyclic) bond motifs is 1. The highest BCUT2D eigenvalue weighted by Gasteiger charge is 2.19. The molecule has 2 heterocycles. The van der Waals surface area contributed by atoms with Gasteiger partial charge in [0, 0.05) is 16.8 Å². The van der Waals surface area contributed by atoms with Crippen LogP contribution in [0.1, 0.15) is 16.8 Å². The van der Waals surface area contributed by atoms with E-state index >= 15 is 0 Å². The van der Waals surface area contributed by atoms with Gasteiger partial charge in [0.15, 0.2) is 0 Å². The van der Waals surface area contributed by atoms with Crippen LogP contribution in [0, 0.1) is 19.7 Å². The summed E-state index contributed by atoms with van der Waals surface area (Å²) in [5, 5.41) is 3.62. The van der Waals surface area contributed by atoms with Crippen LogP contribution in [0.5, 0.6) is 0 Å². The van der Waals surface area contributed by atoms with Gasteiger partial charge in [-0.15, -0.1) is 0 Å². The quantitative estimate of drug-likeness (QED) is 0.348. The Morgan fingerprint density at radius 3 is 2.45 bits per heavy atom. The lowest BCUT2D eigenvalue weighted by molar-refractivity contribution is -0.115. The van der Waals surface area contributed by atoms with Crippen molar-refractivity contribution in [3.8, 4) is 11.3 Å². The lowest BCUT2D eigenvalue weighted by atomic mass is 10.1. The van der Waals surface area contributed by atoms with Crippen molar-refractivity contribution in [1.29, 1.82) is 0 Å². The van der Waals surface area contributed by atoms with Gasteiger partial charge in [-0.2, -0.15) is 0 Å². The molecule has 4 rings (SSSR count). The first-order valence-corrected chi connectivity index (χ1v) is 10.5. The Kier molecular flexibility index (Phi) is 5.93. The average Bonchev–Trinajstić information content (AvgIpc) is 3.04. The fourth-order valence-corrected chi connectivity index (χ4v) is 4.30. The van der Waals surface area contributed by atoms with Crippen LogP contribution in [0.25, 0.3) is 16.9 Å². The number of rotatable bonds is 4. The Hall–Kier alpha value is -2.60. The monoisotopic (exact) mass is 475 g/mol. The Bertz CT molecular complexity index is 1310. The van der Waals surface area contributed by atoms with Crippen molar-refractivity contribution in [3.63, 3.8) is 0 Å². The van der Waals surface area contributed by atoms with Crippen molar-refractivity contribution in [2.24, 2.45) is 0 Å². The molecular formula is C23H17Cl3FN3O. The van der Waals surface area contributed by atoms with Gasteiger partial charge in [0.05, 0.1) is 33.5 Å². The highest BCUT2D eigenvalue weighted by molar-refractivity contribution is 6.42. The number of carbonyl (C=O) groups excluding carboxylic acids is 1. The topological polar surface area (TPSA) is 46.4 Å². The van der Waals surface area contributed by atoms with Gasteiger partial charge in [0.1, 0.15) is 11.5 Å². The molecule has 0 radical (unpaired) electrons. The van der Waals surface area contributed by atoms with Crippen LogP contribution in [-0.2, 0) is 11.2 Å². The molecule has 31 heavy (non-hydrogen) atoms. The van der Waals surface area contributed by atoms with Gasteiger partial charge in [-0.25, -0.2) is 9.37 Å². The number of imidazole rings is 1. The molecule has 0 aliphatic heterocycles. The van der Waals surface area contributed by atoms with Crippen molar-refractivity contribution in [1.82, 2.24) is 9.38 Å². The van der Waals surface area contributed by atoms with E-state index in [-0.39, 0.29) is 28.2 Å². The minimum absolute atomic E-state index is 0.00562. The van der Waals surface area contributed by atoms with Gasteiger partial charge >= 0.3 is 0 Å². The molecule has 158 valence electrons. The molecule has 0 spiro atoms. The molecule has 1 N–H and O–H groups in total. The summed E-state index contributed by atoms with van der Waals surface area (Å²) in [4.78, 5) is 17.6. The van der Waals surface area contributed by atoms with Crippen molar-refractivity contribution >= 4 is 52.0 Å². The number of hydrogen-bond acceptors (Lipinski definition) is 2. The zero-order valence-corrected chi connectivity index (χ0v) is 18.9. The molecule has 2 aromatic heterocycles. The van der Waals surface area contributed by atoms with Crippen LogP contribution in [0.15, 0.2) is 48.7 Å². The third-order valence-electron chi connectivity index (χ3n) is 4.90. The number of benzene rings is 2. The second-order valence-corrected chi connectivity index (χ2v) is 8.53. The number of pyridine rings is 1. The molecule has 4 nitrogen and oxygen atoms in total. The summed E-state index contributed by atoms with van der Waals surface area (Å²) in [6.45, 7) is 3.65. The van der Waals surface area contributed by atoms with Crippen LogP contribution < -0.4 is 5.32 Å². The molecule has 0 aliphatic rings. The minimum atomic E-state index is -0.325. The number of halogens is 4. The molecule has 0 fully saturated rings. The number of carbonyl (C=O) groups is 1. The van der Waals surface area contributed by atoms with Gasteiger partial charge in [0.2, 0.25) is 5.91 Å². The molecule has 0 atom stereocenters. The van der Waals surface area contributed by atoms with Crippen molar-refractivity contribution in [2.75, 3.05) is 5.32 Å². The highest BCUT2D eigenvalue weighted by Crippen LogP contribution is 2.34. The Morgan fingerprint density at radius 2 is 1.77 bits per heavy atom. The van der Waals surface area contributed by atoms with Gasteiger partial charge in [-0.1, -0.05) is 40.9 Å². The minimum Gasteiger partial charge on any atom is -0.323 e. The number of amides is 1. The maximum atomic E-state index is 13.8. The van der Waals surface area contributed by atoms with E-state index in [0.29, 0.717) is 33.3 Å². The van der Waals surface area contributed by atoms with Crippen LogP contribution in [0.4, 0.5) is 10.1 Å². The maximum Gasteiger partial charge on any atom is 0.230 e. The largest absolute Gasteiger partial charge is 0.323 e. The van der Waals surface area contributed by atoms with Gasteiger partial charge in [0.25, 0.3) is 0 Å². The number of nitrogens with one attached hydrogen (secondary N) is 1. The predicted octanol–water partition coefficient (Wildman–Crippen LogP) is 6.90. The van der Waals surface area contributed by atoms with E-state index in [9.17, 15) is 9.18 Å². The first-order chi connectivity index (χ1) is 14.7. The van der Waals surface area contributed by atoms with Crippen molar-refractivity contribution < 1.29 is 9.18 Å². The molecular weight excluding hydrogens is 460 g/mol. The molecule has 1 amide bonds. The van der Waals surface area contributed by atoms with E-state index in [1.807, 2.05) is 29.7 Å². The lowest BCUT2D eigenvalue weighted by Crippen LogP contribution is -2.16. The fraction of sp³-hybridized carbons (Fsp3) is 0.130. The molecule has 8 heteroatoms. The van der Waals surface area contributed by atoms with Crippen LogP contribution >= 0.6 is 34.8 Å². The number of nitrogens with zero attached hydrogens (tertiary/aromatic N) is 2. The number of aryl methyl sites for hydroxylation is 2. The molecule has 0 saturated carbocycles. The Labute approximate surface area is 193 Å². The first kappa shape index (κ1) is 21.6. The molecule has 2 aromatic carbocycles. The number of hydrogen-bond donors (Lipinski definition) is 1. The SMILES string of the molecule is Cc1ccc2nc(-c3ccc(F)c(C)c3)c(CC(=O)Nc3c(Cl)cc(Cl)cc3Cl)n2c1. The van der Waals surface area contributed by atoms with Gasteiger partial charge in [-0.3, -0.25) is 4.79 Å². The standard InChI is InChI=1S/C23H17Cl3FN3O/c1-12-3-6-20-28-22(14-4-5-18(27)13(2)7-14)19(30(20)11-12)10-21(31)29-23-16(25)8-15(24)9-17(23)26/h3-9,11H,10H2,1-2H3,(H,29,31). The summed E-state index contributed by atoms with van der Waals surface area (Å²) in [7, 11) is 0. The van der Waals surface area contributed by atoms with E-state index in [1.54, 1.807) is 19.1 Å².